The van der Waals surface area contributed by atoms with Gasteiger partial charge in [0.1, 0.15) is 0 Å². The Kier molecular flexibility index (Phi) is 4.21. The van der Waals surface area contributed by atoms with Gasteiger partial charge in [0.05, 0.1) is 0 Å². The van der Waals surface area contributed by atoms with Gasteiger partial charge in [-0.1, -0.05) is 24.2 Å². The second-order valence-electron chi connectivity index (χ2n) is 7.71. The maximum Gasteiger partial charge on any atom is 0.199 e. The number of rotatable bonds is 5. The minimum absolute atomic E-state index is 0.630. The monoisotopic (exact) mass is 309 g/mol. The molecule has 2 aliphatic heterocycles. The molecule has 0 bridgehead atoms. The summed E-state index contributed by atoms with van der Waals surface area (Å²) in [5.74, 6) is 4.03. The predicted octanol–water partition coefficient (Wildman–Crippen LogP) is 1.78. The van der Waals surface area contributed by atoms with Crippen LogP contribution in [0.4, 0.5) is 0 Å². The topological polar surface area (TPSA) is 50.1 Å². The van der Waals surface area contributed by atoms with Crippen molar-refractivity contribution in [2.24, 2.45) is 11.7 Å². The zero-order valence-electron chi connectivity index (χ0n) is 14.1. The smallest absolute Gasteiger partial charge is 0.199 e. The standard InChI is InChI=1S/C19H28BN3/c1-13-3-2-4-15-10-19-20(12-18(13)15)11-17(23-19)9-14-7-16(8-14)22-6-5-21/h2-4,11,14,16,19,22-23H,5-10,12,21H2,1H3. The van der Waals surface area contributed by atoms with E-state index in [9.17, 15) is 0 Å². The van der Waals surface area contributed by atoms with Crippen molar-refractivity contribution >= 4 is 6.71 Å². The van der Waals surface area contributed by atoms with Crippen molar-refractivity contribution in [2.45, 2.75) is 50.9 Å². The summed E-state index contributed by atoms with van der Waals surface area (Å²) < 4.78 is 0. The van der Waals surface area contributed by atoms with Gasteiger partial charge in [0, 0.05) is 25.1 Å². The molecule has 0 radical (unpaired) electrons. The molecule has 3 aliphatic rings. The molecule has 1 atom stereocenters. The van der Waals surface area contributed by atoms with Gasteiger partial charge in [-0.15, -0.1) is 0 Å². The Bertz CT molecular complexity index is 607. The lowest BCUT2D eigenvalue weighted by Gasteiger charge is -2.36. The largest absolute Gasteiger partial charge is 0.393 e. The number of hydrogen-bond donors (Lipinski definition) is 3. The number of hydrogen-bond acceptors (Lipinski definition) is 3. The summed E-state index contributed by atoms with van der Waals surface area (Å²) in [5, 5.41) is 7.36. The highest BCUT2D eigenvalue weighted by molar-refractivity contribution is 6.66. The van der Waals surface area contributed by atoms with Crippen LogP contribution in [0, 0.1) is 12.8 Å². The number of aryl methyl sites for hydroxylation is 1. The van der Waals surface area contributed by atoms with E-state index in [0.29, 0.717) is 18.7 Å². The molecule has 1 fully saturated rings. The van der Waals surface area contributed by atoms with Crippen molar-refractivity contribution in [3.8, 4) is 0 Å². The Balaban J connectivity index is 1.33. The van der Waals surface area contributed by atoms with E-state index in [1.165, 1.54) is 43.3 Å². The van der Waals surface area contributed by atoms with Crippen molar-refractivity contribution in [3.63, 3.8) is 0 Å². The minimum Gasteiger partial charge on any atom is -0.393 e. The van der Waals surface area contributed by atoms with Gasteiger partial charge in [0.2, 0.25) is 0 Å². The molecule has 3 nitrogen and oxygen atoms in total. The third kappa shape index (κ3) is 3.07. The first-order valence-corrected chi connectivity index (χ1v) is 9.21. The average Bonchev–Trinajstić information content (AvgIpc) is 2.89. The number of nitrogens with two attached hydrogens (primary N) is 1. The van der Waals surface area contributed by atoms with Crippen molar-refractivity contribution < 1.29 is 0 Å². The second-order valence-corrected chi connectivity index (χ2v) is 7.71. The van der Waals surface area contributed by atoms with Gasteiger partial charge >= 0.3 is 0 Å². The van der Waals surface area contributed by atoms with Gasteiger partial charge in [-0.2, -0.15) is 0 Å². The molecule has 122 valence electrons. The van der Waals surface area contributed by atoms with E-state index < -0.39 is 0 Å². The Labute approximate surface area is 140 Å². The van der Waals surface area contributed by atoms with Crippen LogP contribution in [0.15, 0.2) is 29.9 Å². The molecule has 1 unspecified atom stereocenters. The van der Waals surface area contributed by atoms with Crippen LogP contribution in [0.25, 0.3) is 0 Å². The summed E-state index contributed by atoms with van der Waals surface area (Å²) in [6.45, 7) is 4.66. The number of nitrogens with one attached hydrogen (secondary N) is 2. The Hall–Kier alpha value is -1.26. The fourth-order valence-corrected chi connectivity index (χ4v) is 4.68. The van der Waals surface area contributed by atoms with Gasteiger partial charge in [0.15, 0.2) is 6.71 Å². The highest BCUT2D eigenvalue weighted by Crippen LogP contribution is 2.35. The average molecular weight is 309 g/mol. The molecular formula is C19H28BN3. The molecule has 0 spiro atoms. The molecule has 4 rings (SSSR count). The summed E-state index contributed by atoms with van der Waals surface area (Å²) >= 11 is 0. The van der Waals surface area contributed by atoms with E-state index in [-0.39, 0.29) is 0 Å². The van der Waals surface area contributed by atoms with Crippen LogP contribution in [0.2, 0.25) is 0 Å². The lowest BCUT2D eigenvalue weighted by molar-refractivity contribution is 0.221. The molecular weight excluding hydrogens is 281 g/mol. The van der Waals surface area contributed by atoms with E-state index >= 15 is 0 Å². The van der Waals surface area contributed by atoms with Gasteiger partial charge < -0.3 is 16.4 Å². The highest BCUT2D eigenvalue weighted by atomic mass is 15.0. The second kappa shape index (κ2) is 6.33. The summed E-state index contributed by atoms with van der Waals surface area (Å²) in [4.78, 5) is 0. The van der Waals surface area contributed by atoms with E-state index in [2.05, 4.69) is 41.7 Å². The Morgan fingerprint density at radius 2 is 2.22 bits per heavy atom. The van der Waals surface area contributed by atoms with E-state index in [1.54, 1.807) is 11.1 Å². The normalized spacial score (nSPS) is 28.5. The van der Waals surface area contributed by atoms with Crippen LogP contribution in [-0.2, 0) is 12.7 Å². The Morgan fingerprint density at radius 3 is 3.04 bits per heavy atom. The molecule has 1 saturated carbocycles. The fraction of sp³-hybridized carbons (Fsp3) is 0.579. The van der Waals surface area contributed by atoms with E-state index in [0.717, 1.165) is 19.0 Å². The first-order chi connectivity index (χ1) is 11.2. The molecule has 1 aliphatic carbocycles. The minimum atomic E-state index is 0.630. The van der Waals surface area contributed by atoms with Gasteiger partial charge in [0.25, 0.3) is 0 Å². The lowest BCUT2D eigenvalue weighted by atomic mass is 9.39. The zero-order chi connectivity index (χ0) is 15.8. The third-order valence-electron chi connectivity index (χ3n) is 6.01. The highest BCUT2D eigenvalue weighted by Gasteiger charge is 2.37. The van der Waals surface area contributed by atoms with Crippen LogP contribution >= 0.6 is 0 Å². The first-order valence-electron chi connectivity index (χ1n) is 9.21. The van der Waals surface area contributed by atoms with Crippen LogP contribution in [0.1, 0.15) is 36.0 Å². The molecule has 23 heavy (non-hydrogen) atoms. The summed E-state index contributed by atoms with van der Waals surface area (Å²) in [6.07, 6.45) is 6.27. The van der Waals surface area contributed by atoms with E-state index in [4.69, 9.17) is 5.73 Å². The molecule has 1 aromatic rings. The van der Waals surface area contributed by atoms with Crippen LogP contribution in [0.5, 0.6) is 0 Å². The molecule has 2 heterocycles. The van der Waals surface area contributed by atoms with Crippen molar-refractivity contribution in [3.05, 3.63) is 46.6 Å². The number of allylic oxidation sites excluding steroid dienone is 1. The molecule has 4 heteroatoms. The first kappa shape index (κ1) is 15.3. The van der Waals surface area contributed by atoms with Gasteiger partial charge in [-0.3, -0.25) is 0 Å². The molecule has 1 aromatic carbocycles. The quantitative estimate of drug-likeness (QED) is 0.727. The lowest BCUT2D eigenvalue weighted by Crippen LogP contribution is -2.44. The summed E-state index contributed by atoms with van der Waals surface area (Å²) in [6, 6.07) is 7.49. The summed E-state index contributed by atoms with van der Waals surface area (Å²) in [7, 11) is 0. The maximum atomic E-state index is 5.55. The van der Waals surface area contributed by atoms with E-state index in [1.807, 2.05) is 0 Å². The number of fused-ring (bicyclic) bond motifs is 2. The van der Waals surface area contributed by atoms with Crippen LogP contribution in [0.3, 0.4) is 0 Å². The fourth-order valence-electron chi connectivity index (χ4n) is 4.68. The van der Waals surface area contributed by atoms with Crippen molar-refractivity contribution in [2.75, 3.05) is 13.1 Å². The zero-order valence-corrected chi connectivity index (χ0v) is 14.1. The van der Waals surface area contributed by atoms with Gasteiger partial charge in [-0.05, 0) is 67.2 Å². The SMILES string of the molecule is Cc1cccc2c1CB1C=C(CC3CC(NCCN)C3)NC1C2. The summed E-state index contributed by atoms with van der Waals surface area (Å²) in [5.41, 5.74) is 11.7. The molecule has 0 aromatic heterocycles. The predicted molar refractivity (Wildman–Crippen MR) is 97.5 cm³/mol. The van der Waals surface area contributed by atoms with Crippen LogP contribution < -0.4 is 16.4 Å². The maximum absolute atomic E-state index is 5.55. The van der Waals surface area contributed by atoms with Crippen molar-refractivity contribution in [1.29, 1.82) is 0 Å². The molecule has 0 saturated heterocycles. The number of benzene rings is 1. The van der Waals surface area contributed by atoms with Gasteiger partial charge in [-0.25, -0.2) is 0 Å². The molecule has 0 amide bonds. The third-order valence-corrected chi connectivity index (χ3v) is 6.01. The van der Waals surface area contributed by atoms with Crippen molar-refractivity contribution in [1.82, 2.24) is 10.6 Å². The van der Waals surface area contributed by atoms with Crippen LogP contribution in [-0.4, -0.2) is 31.8 Å². The Morgan fingerprint density at radius 1 is 1.35 bits per heavy atom. The molecule has 4 N–H and O–H groups in total.